The number of benzene rings is 1. The number of amides is 2. The molecule has 0 unspecified atom stereocenters. The molecule has 1 N–H and O–H groups in total. The number of carbonyl (C=O) groups is 3. The molecule has 128 valence electrons. The molecule has 3 rings (SSSR count). The van der Waals surface area contributed by atoms with Gasteiger partial charge in [-0.15, -0.1) is 0 Å². The van der Waals surface area contributed by atoms with Gasteiger partial charge in [0.15, 0.2) is 5.78 Å². The second-order valence-corrected chi connectivity index (χ2v) is 6.77. The zero-order valence-corrected chi connectivity index (χ0v) is 14.1. The second-order valence-electron chi connectivity index (χ2n) is 6.77. The first-order valence-electron chi connectivity index (χ1n) is 8.76. The summed E-state index contributed by atoms with van der Waals surface area (Å²) in [5.41, 5.74) is 2.39. The molecule has 1 heterocycles. The predicted molar refractivity (Wildman–Crippen MR) is 92.1 cm³/mol. The summed E-state index contributed by atoms with van der Waals surface area (Å²) in [7, 11) is 1.75. The minimum Gasteiger partial charge on any atom is -0.355 e. The quantitative estimate of drug-likeness (QED) is 0.845. The number of Topliss-reactive ketones (excluding diaryl/α,β-unsaturated/α-hetero) is 1. The Hall–Kier alpha value is -2.17. The highest BCUT2D eigenvalue weighted by molar-refractivity contribution is 6.03. The molecule has 24 heavy (non-hydrogen) atoms. The molecule has 0 atom stereocenters. The standard InChI is InChI=1S/C19H24N2O3/c1-21-16-8-7-14(11-15(16)12-18(21)23)17(22)9-10-20-19(24)13-5-3-2-4-6-13/h7-8,11,13H,2-6,9-10,12H2,1H3,(H,20,24). The lowest BCUT2D eigenvalue weighted by molar-refractivity contribution is -0.125. The van der Waals surface area contributed by atoms with Crippen molar-refractivity contribution in [1.82, 2.24) is 5.32 Å². The Kier molecular flexibility index (Phi) is 4.97. The molecule has 1 aromatic rings. The summed E-state index contributed by atoms with van der Waals surface area (Å²) in [5.74, 6) is 0.261. The summed E-state index contributed by atoms with van der Waals surface area (Å²) in [6, 6.07) is 5.40. The van der Waals surface area contributed by atoms with Gasteiger partial charge in [0.1, 0.15) is 0 Å². The minimum absolute atomic E-state index is 0.00347. The molecule has 0 bridgehead atoms. The highest BCUT2D eigenvalue weighted by atomic mass is 16.2. The predicted octanol–water partition coefficient (Wildman–Crippen LogP) is 2.47. The van der Waals surface area contributed by atoms with Crippen molar-refractivity contribution in [2.45, 2.75) is 44.9 Å². The van der Waals surface area contributed by atoms with Crippen LogP contribution in [-0.2, 0) is 16.0 Å². The van der Waals surface area contributed by atoms with E-state index < -0.39 is 0 Å². The van der Waals surface area contributed by atoms with Crippen LogP contribution in [0.3, 0.4) is 0 Å². The Morgan fingerprint density at radius 3 is 2.71 bits per heavy atom. The van der Waals surface area contributed by atoms with Gasteiger partial charge in [-0.05, 0) is 36.6 Å². The van der Waals surface area contributed by atoms with E-state index in [9.17, 15) is 14.4 Å². The lowest BCUT2D eigenvalue weighted by Gasteiger charge is -2.20. The first-order chi connectivity index (χ1) is 11.6. The molecule has 1 aliphatic heterocycles. The van der Waals surface area contributed by atoms with Crippen molar-refractivity contribution in [2.75, 3.05) is 18.5 Å². The highest BCUT2D eigenvalue weighted by Crippen LogP contribution is 2.28. The third-order valence-electron chi connectivity index (χ3n) is 5.11. The number of hydrogen-bond donors (Lipinski definition) is 1. The van der Waals surface area contributed by atoms with E-state index in [0.717, 1.165) is 36.9 Å². The fourth-order valence-corrected chi connectivity index (χ4v) is 3.60. The van der Waals surface area contributed by atoms with Gasteiger partial charge in [0, 0.05) is 37.2 Å². The van der Waals surface area contributed by atoms with Gasteiger partial charge in [-0.25, -0.2) is 0 Å². The summed E-state index contributed by atoms with van der Waals surface area (Å²) < 4.78 is 0. The van der Waals surface area contributed by atoms with Crippen LogP contribution in [0.2, 0.25) is 0 Å². The van der Waals surface area contributed by atoms with Crippen molar-refractivity contribution in [3.63, 3.8) is 0 Å². The molecule has 2 aliphatic rings. The topological polar surface area (TPSA) is 66.5 Å². The SMILES string of the molecule is CN1C(=O)Cc2cc(C(=O)CCNC(=O)C3CCCCC3)ccc21. The van der Waals surface area contributed by atoms with Gasteiger partial charge < -0.3 is 10.2 Å². The molecule has 0 spiro atoms. The molecular weight excluding hydrogens is 304 g/mol. The fraction of sp³-hybridized carbons (Fsp3) is 0.526. The highest BCUT2D eigenvalue weighted by Gasteiger charge is 2.25. The Balaban J connectivity index is 1.51. The Bertz CT molecular complexity index is 663. The molecule has 1 aromatic carbocycles. The molecule has 0 radical (unpaired) electrons. The van der Waals surface area contributed by atoms with Crippen LogP contribution < -0.4 is 10.2 Å². The van der Waals surface area contributed by atoms with Crippen molar-refractivity contribution in [2.24, 2.45) is 5.92 Å². The molecule has 5 heteroatoms. The van der Waals surface area contributed by atoms with E-state index in [-0.39, 0.29) is 23.5 Å². The van der Waals surface area contributed by atoms with Crippen LogP contribution >= 0.6 is 0 Å². The normalized spacial score (nSPS) is 17.7. The summed E-state index contributed by atoms with van der Waals surface area (Å²) in [4.78, 5) is 37.7. The van der Waals surface area contributed by atoms with Crippen LogP contribution in [-0.4, -0.2) is 31.2 Å². The van der Waals surface area contributed by atoms with Crippen LogP contribution in [0.25, 0.3) is 0 Å². The van der Waals surface area contributed by atoms with Crippen LogP contribution in [0.15, 0.2) is 18.2 Å². The van der Waals surface area contributed by atoms with Crippen LogP contribution in [0, 0.1) is 5.92 Å². The molecule has 1 saturated carbocycles. The Morgan fingerprint density at radius 2 is 1.96 bits per heavy atom. The lowest BCUT2D eigenvalue weighted by atomic mass is 9.88. The number of rotatable bonds is 5. The summed E-state index contributed by atoms with van der Waals surface area (Å²) in [6.07, 6.45) is 6.04. The summed E-state index contributed by atoms with van der Waals surface area (Å²) in [6.45, 7) is 0.379. The van der Waals surface area contributed by atoms with E-state index in [4.69, 9.17) is 0 Å². The van der Waals surface area contributed by atoms with Crippen molar-refractivity contribution in [1.29, 1.82) is 0 Å². The van der Waals surface area contributed by atoms with Crippen molar-refractivity contribution >= 4 is 23.3 Å². The smallest absolute Gasteiger partial charge is 0.231 e. The fourth-order valence-electron chi connectivity index (χ4n) is 3.60. The number of nitrogens with zero attached hydrogens (tertiary/aromatic N) is 1. The van der Waals surface area contributed by atoms with Crippen LogP contribution in [0.1, 0.15) is 54.4 Å². The molecule has 2 amide bonds. The van der Waals surface area contributed by atoms with E-state index in [1.165, 1.54) is 6.42 Å². The third-order valence-corrected chi connectivity index (χ3v) is 5.11. The minimum atomic E-state index is 0.00347. The maximum atomic E-state index is 12.3. The monoisotopic (exact) mass is 328 g/mol. The molecule has 1 fully saturated rings. The summed E-state index contributed by atoms with van der Waals surface area (Å²) >= 11 is 0. The van der Waals surface area contributed by atoms with Gasteiger partial charge >= 0.3 is 0 Å². The van der Waals surface area contributed by atoms with E-state index in [2.05, 4.69) is 5.32 Å². The molecule has 0 aromatic heterocycles. The number of likely N-dealkylation sites (N-methyl/N-ethyl adjacent to an activating group) is 1. The maximum absolute atomic E-state index is 12.3. The summed E-state index contributed by atoms with van der Waals surface area (Å²) in [5, 5.41) is 2.90. The van der Waals surface area contributed by atoms with Crippen molar-refractivity contribution < 1.29 is 14.4 Å². The molecule has 5 nitrogen and oxygen atoms in total. The zero-order chi connectivity index (χ0) is 17.1. The van der Waals surface area contributed by atoms with Crippen molar-refractivity contribution in [3.05, 3.63) is 29.3 Å². The van der Waals surface area contributed by atoms with Gasteiger partial charge in [0.25, 0.3) is 0 Å². The van der Waals surface area contributed by atoms with Crippen LogP contribution in [0.4, 0.5) is 5.69 Å². The van der Waals surface area contributed by atoms with Crippen molar-refractivity contribution in [3.8, 4) is 0 Å². The van der Waals surface area contributed by atoms with Crippen LogP contribution in [0.5, 0.6) is 0 Å². The largest absolute Gasteiger partial charge is 0.355 e. The average Bonchev–Trinajstić information content (AvgIpc) is 2.89. The number of hydrogen-bond acceptors (Lipinski definition) is 3. The number of ketones is 1. The van der Waals surface area contributed by atoms with E-state index in [1.807, 2.05) is 12.1 Å². The number of fused-ring (bicyclic) bond motifs is 1. The zero-order valence-electron chi connectivity index (χ0n) is 14.1. The number of nitrogens with one attached hydrogen (secondary N) is 1. The van der Waals surface area contributed by atoms with E-state index in [1.54, 1.807) is 18.0 Å². The molecule has 1 aliphatic carbocycles. The first kappa shape index (κ1) is 16.7. The van der Waals surface area contributed by atoms with Gasteiger partial charge in [0.2, 0.25) is 11.8 Å². The average molecular weight is 328 g/mol. The van der Waals surface area contributed by atoms with E-state index in [0.29, 0.717) is 24.9 Å². The van der Waals surface area contributed by atoms with Gasteiger partial charge in [0.05, 0.1) is 6.42 Å². The molecular formula is C19H24N2O3. The lowest BCUT2D eigenvalue weighted by Crippen LogP contribution is -2.33. The van der Waals surface area contributed by atoms with Gasteiger partial charge in [-0.2, -0.15) is 0 Å². The first-order valence-corrected chi connectivity index (χ1v) is 8.76. The maximum Gasteiger partial charge on any atom is 0.231 e. The number of anilines is 1. The Morgan fingerprint density at radius 1 is 1.21 bits per heavy atom. The third kappa shape index (κ3) is 3.50. The Labute approximate surface area is 142 Å². The molecule has 0 saturated heterocycles. The van der Waals surface area contributed by atoms with Gasteiger partial charge in [-0.1, -0.05) is 19.3 Å². The van der Waals surface area contributed by atoms with E-state index >= 15 is 0 Å². The van der Waals surface area contributed by atoms with Gasteiger partial charge in [-0.3, -0.25) is 14.4 Å². The number of carbonyl (C=O) groups excluding carboxylic acids is 3. The second kappa shape index (κ2) is 7.16.